The van der Waals surface area contributed by atoms with E-state index in [-0.39, 0.29) is 11.8 Å². The molecule has 118 valence electrons. The molecule has 0 saturated heterocycles. The van der Waals surface area contributed by atoms with Gasteiger partial charge in [0.15, 0.2) is 0 Å². The fourth-order valence-electron chi connectivity index (χ4n) is 4.04. The summed E-state index contributed by atoms with van der Waals surface area (Å²) >= 11 is 0. The summed E-state index contributed by atoms with van der Waals surface area (Å²) in [7, 11) is 0. The van der Waals surface area contributed by atoms with E-state index in [9.17, 15) is 19.5 Å². The Bertz CT molecular complexity index is 424. The molecule has 2 saturated carbocycles. The molecule has 6 nitrogen and oxygen atoms in total. The molecule has 2 aliphatic carbocycles. The van der Waals surface area contributed by atoms with Crippen LogP contribution in [0.4, 0.5) is 0 Å². The van der Waals surface area contributed by atoms with E-state index in [0.717, 1.165) is 19.3 Å². The summed E-state index contributed by atoms with van der Waals surface area (Å²) in [6, 6.07) is 0. The van der Waals surface area contributed by atoms with Gasteiger partial charge < -0.3 is 15.3 Å². The molecule has 3 N–H and O–H groups in total. The van der Waals surface area contributed by atoms with Gasteiger partial charge in [0.25, 0.3) is 0 Å². The fourth-order valence-corrected chi connectivity index (χ4v) is 4.04. The van der Waals surface area contributed by atoms with Crippen LogP contribution in [0.25, 0.3) is 0 Å². The molecular weight excluding hydrogens is 276 g/mol. The van der Waals surface area contributed by atoms with E-state index >= 15 is 0 Å². The Hall–Kier alpha value is -1.59. The van der Waals surface area contributed by atoms with E-state index < -0.39 is 29.7 Å². The zero-order valence-electron chi connectivity index (χ0n) is 11.9. The van der Waals surface area contributed by atoms with Crippen LogP contribution in [0.3, 0.4) is 0 Å². The molecule has 6 heteroatoms. The summed E-state index contributed by atoms with van der Waals surface area (Å²) in [6.45, 7) is 0. The third kappa shape index (κ3) is 3.54. The van der Waals surface area contributed by atoms with Gasteiger partial charge in [-0.1, -0.05) is 0 Å². The lowest BCUT2D eigenvalue weighted by Crippen LogP contribution is -2.38. The van der Waals surface area contributed by atoms with E-state index in [1.165, 1.54) is 0 Å². The Morgan fingerprint density at radius 2 is 1.14 bits per heavy atom. The van der Waals surface area contributed by atoms with Crippen LogP contribution in [0.15, 0.2) is 0 Å². The molecule has 2 aliphatic rings. The Labute approximate surface area is 123 Å². The molecule has 21 heavy (non-hydrogen) atoms. The summed E-state index contributed by atoms with van der Waals surface area (Å²) in [4.78, 5) is 33.4. The predicted octanol–water partition coefficient (Wildman–Crippen LogP) is 2.08. The zero-order chi connectivity index (χ0) is 15.6. The summed E-state index contributed by atoms with van der Waals surface area (Å²) in [6.07, 6.45) is 4.48. The number of hydrogen-bond donors (Lipinski definition) is 3. The summed E-state index contributed by atoms with van der Waals surface area (Å²) in [5.41, 5.74) is 0. The number of carboxylic acid groups (broad SMARTS) is 3. The molecular formula is C15H22O6. The van der Waals surface area contributed by atoms with Gasteiger partial charge in [-0.25, -0.2) is 0 Å². The first-order valence-corrected chi connectivity index (χ1v) is 7.58. The van der Waals surface area contributed by atoms with Crippen molar-refractivity contribution in [3.63, 3.8) is 0 Å². The molecule has 0 heterocycles. The van der Waals surface area contributed by atoms with Crippen LogP contribution < -0.4 is 0 Å². The lowest BCUT2D eigenvalue weighted by Gasteiger charge is -2.38. The Kier molecular flexibility index (Phi) is 4.85. The topological polar surface area (TPSA) is 112 Å². The number of carbonyl (C=O) groups is 3. The average molecular weight is 298 g/mol. The second-order valence-electron chi connectivity index (χ2n) is 6.41. The molecule has 0 aliphatic heterocycles. The standard InChI is InChI=1S/C15H22O6/c16-13(17)9-3-1-8(2-4-9)10-5-6-11(14(18)19)12(7-10)15(20)21/h8-12H,1-7H2,(H,16,17)(H,18,19)(H,20,21). The smallest absolute Gasteiger partial charge is 0.307 e. The van der Waals surface area contributed by atoms with Crippen molar-refractivity contribution in [1.82, 2.24) is 0 Å². The lowest BCUT2D eigenvalue weighted by molar-refractivity contribution is -0.157. The van der Waals surface area contributed by atoms with Crippen LogP contribution in [0, 0.1) is 29.6 Å². The van der Waals surface area contributed by atoms with Gasteiger partial charge in [0.2, 0.25) is 0 Å². The van der Waals surface area contributed by atoms with E-state index in [4.69, 9.17) is 10.2 Å². The van der Waals surface area contributed by atoms with Crippen molar-refractivity contribution in [2.24, 2.45) is 29.6 Å². The molecule has 0 aromatic carbocycles. The average Bonchev–Trinajstić information content (AvgIpc) is 2.46. The molecule has 2 rings (SSSR count). The molecule has 2 fully saturated rings. The van der Waals surface area contributed by atoms with Crippen molar-refractivity contribution in [1.29, 1.82) is 0 Å². The predicted molar refractivity (Wildman–Crippen MR) is 72.7 cm³/mol. The Morgan fingerprint density at radius 1 is 0.619 bits per heavy atom. The third-order valence-electron chi connectivity index (χ3n) is 5.31. The minimum Gasteiger partial charge on any atom is -0.481 e. The number of rotatable bonds is 4. The van der Waals surface area contributed by atoms with Gasteiger partial charge in [-0.15, -0.1) is 0 Å². The van der Waals surface area contributed by atoms with Gasteiger partial charge in [-0.2, -0.15) is 0 Å². The van der Waals surface area contributed by atoms with Crippen molar-refractivity contribution >= 4 is 17.9 Å². The highest BCUT2D eigenvalue weighted by Crippen LogP contribution is 2.43. The molecule has 0 aromatic heterocycles. The monoisotopic (exact) mass is 298 g/mol. The highest BCUT2D eigenvalue weighted by molar-refractivity contribution is 5.80. The fraction of sp³-hybridized carbons (Fsp3) is 0.800. The van der Waals surface area contributed by atoms with Crippen molar-refractivity contribution in [3.8, 4) is 0 Å². The maximum Gasteiger partial charge on any atom is 0.307 e. The van der Waals surface area contributed by atoms with Crippen molar-refractivity contribution in [2.45, 2.75) is 44.9 Å². The van der Waals surface area contributed by atoms with E-state index in [2.05, 4.69) is 0 Å². The van der Waals surface area contributed by atoms with Gasteiger partial charge in [-0.3, -0.25) is 14.4 Å². The van der Waals surface area contributed by atoms with Crippen LogP contribution in [-0.4, -0.2) is 33.2 Å². The molecule has 0 aromatic rings. The SMILES string of the molecule is O=C(O)C1CCC(C2CCC(C(=O)O)C(C(=O)O)C2)CC1. The summed E-state index contributed by atoms with van der Waals surface area (Å²) in [5.74, 6) is -4.08. The second-order valence-corrected chi connectivity index (χ2v) is 6.41. The quantitative estimate of drug-likeness (QED) is 0.732. The van der Waals surface area contributed by atoms with Gasteiger partial charge in [0.05, 0.1) is 17.8 Å². The molecule has 3 atom stereocenters. The Morgan fingerprint density at radius 3 is 1.62 bits per heavy atom. The highest BCUT2D eigenvalue weighted by atomic mass is 16.4. The molecule has 0 bridgehead atoms. The zero-order valence-corrected chi connectivity index (χ0v) is 11.9. The molecule has 0 amide bonds. The van der Waals surface area contributed by atoms with Crippen molar-refractivity contribution in [3.05, 3.63) is 0 Å². The van der Waals surface area contributed by atoms with Crippen LogP contribution in [-0.2, 0) is 14.4 Å². The lowest BCUT2D eigenvalue weighted by atomic mass is 9.66. The van der Waals surface area contributed by atoms with Gasteiger partial charge in [0.1, 0.15) is 0 Å². The molecule has 0 radical (unpaired) electrons. The summed E-state index contributed by atoms with van der Waals surface area (Å²) < 4.78 is 0. The maximum atomic E-state index is 11.3. The van der Waals surface area contributed by atoms with Crippen LogP contribution in [0.1, 0.15) is 44.9 Å². The van der Waals surface area contributed by atoms with Gasteiger partial charge >= 0.3 is 17.9 Å². The van der Waals surface area contributed by atoms with Crippen LogP contribution in [0.5, 0.6) is 0 Å². The number of hydrogen-bond acceptors (Lipinski definition) is 3. The third-order valence-corrected chi connectivity index (χ3v) is 5.31. The van der Waals surface area contributed by atoms with Gasteiger partial charge in [0, 0.05) is 0 Å². The largest absolute Gasteiger partial charge is 0.481 e. The van der Waals surface area contributed by atoms with E-state index in [1.807, 2.05) is 0 Å². The van der Waals surface area contributed by atoms with Gasteiger partial charge in [-0.05, 0) is 56.8 Å². The maximum absolute atomic E-state index is 11.3. The second kappa shape index (κ2) is 6.45. The van der Waals surface area contributed by atoms with E-state index in [0.29, 0.717) is 31.6 Å². The highest BCUT2D eigenvalue weighted by Gasteiger charge is 2.42. The minimum absolute atomic E-state index is 0.219. The van der Waals surface area contributed by atoms with Crippen LogP contribution in [0.2, 0.25) is 0 Å². The van der Waals surface area contributed by atoms with E-state index in [1.54, 1.807) is 0 Å². The molecule has 3 unspecified atom stereocenters. The van der Waals surface area contributed by atoms with Crippen LogP contribution >= 0.6 is 0 Å². The van der Waals surface area contributed by atoms with Crippen molar-refractivity contribution < 1.29 is 29.7 Å². The first-order valence-electron chi connectivity index (χ1n) is 7.58. The first kappa shape index (κ1) is 15.8. The normalized spacial score (nSPS) is 36.9. The molecule has 0 spiro atoms. The first-order chi connectivity index (χ1) is 9.90. The summed E-state index contributed by atoms with van der Waals surface area (Å²) in [5, 5.41) is 27.4. The Balaban J connectivity index is 1.95. The minimum atomic E-state index is -1.02. The number of aliphatic carboxylic acids is 3. The number of carboxylic acids is 3. The van der Waals surface area contributed by atoms with Crippen molar-refractivity contribution in [2.75, 3.05) is 0 Å².